The summed E-state index contributed by atoms with van der Waals surface area (Å²) in [5.41, 5.74) is 3.19. The van der Waals surface area contributed by atoms with E-state index in [0.29, 0.717) is 0 Å². The third-order valence-corrected chi connectivity index (χ3v) is 15.0. The minimum atomic E-state index is 1.24. The lowest BCUT2D eigenvalue weighted by Gasteiger charge is -2.04. The van der Waals surface area contributed by atoms with Gasteiger partial charge < -0.3 is 0 Å². The first-order chi connectivity index (χ1) is 21.2. The number of hydrogen-bond donors (Lipinski definition) is 0. The number of halogens is 2. The Morgan fingerprint density at radius 3 is 0.860 bits per heavy atom. The van der Waals surface area contributed by atoms with Gasteiger partial charge in [-0.25, -0.2) is 0 Å². The quantitative estimate of drug-likeness (QED) is 0.0645. The van der Waals surface area contributed by atoms with E-state index in [-0.39, 0.29) is 0 Å². The van der Waals surface area contributed by atoms with E-state index in [2.05, 4.69) is 57.0 Å². The molecule has 0 amide bonds. The second kappa shape index (κ2) is 23.8. The molecule has 0 bridgehead atoms. The highest BCUT2D eigenvalue weighted by Gasteiger charge is 2.21. The van der Waals surface area contributed by atoms with Crippen LogP contribution >= 0.6 is 65.9 Å². The van der Waals surface area contributed by atoms with Crippen LogP contribution in [0.5, 0.6) is 0 Å². The van der Waals surface area contributed by atoms with Crippen LogP contribution in [-0.2, 0) is 12.8 Å². The summed E-state index contributed by atoms with van der Waals surface area (Å²) in [6.07, 6.45) is 39.5. The van der Waals surface area contributed by atoms with Crippen LogP contribution in [-0.4, -0.2) is 0 Å². The zero-order valence-corrected chi connectivity index (χ0v) is 33.4. The zero-order valence-electron chi connectivity index (χ0n) is 27.8. The fourth-order valence-corrected chi connectivity index (χ4v) is 12.6. The Morgan fingerprint density at radius 1 is 0.326 bits per heavy atom. The molecule has 0 spiro atoms. The first-order valence-corrected chi connectivity index (χ1v) is 22.5. The van der Waals surface area contributed by atoms with E-state index < -0.39 is 0 Å². The molecule has 0 radical (unpaired) electrons. The third-order valence-electron chi connectivity index (χ3n) is 9.29. The molecular formula is C38H62Br2S3. The molecule has 5 heteroatoms. The normalized spacial score (nSPS) is 12.0. The molecule has 0 saturated heterocycles. The number of unbranched alkanes of at least 4 members (excludes halogenated alkanes) is 24. The van der Waals surface area contributed by atoms with E-state index in [1.807, 2.05) is 22.7 Å². The zero-order chi connectivity index (χ0) is 30.5. The van der Waals surface area contributed by atoms with Gasteiger partial charge in [-0.15, -0.1) is 34.0 Å². The highest BCUT2D eigenvalue weighted by molar-refractivity contribution is 9.11. The maximum atomic E-state index is 3.95. The molecule has 0 fully saturated rings. The van der Waals surface area contributed by atoms with Gasteiger partial charge in [0.25, 0.3) is 0 Å². The Hall–Kier alpha value is 0.580. The average molecular weight is 775 g/mol. The van der Waals surface area contributed by atoms with Crippen molar-refractivity contribution < 1.29 is 0 Å². The minimum absolute atomic E-state index is 1.24. The van der Waals surface area contributed by atoms with Gasteiger partial charge >= 0.3 is 0 Å². The molecule has 0 aliphatic heterocycles. The Kier molecular flexibility index (Phi) is 21.1. The predicted molar refractivity (Wildman–Crippen MR) is 209 cm³/mol. The van der Waals surface area contributed by atoms with Crippen molar-refractivity contribution in [2.75, 3.05) is 0 Å². The Balaban J connectivity index is 1.30. The molecule has 0 nitrogen and oxygen atoms in total. The number of fused-ring (bicyclic) bond motifs is 3. The van der Waals surface area contributed by atoms with Gasteiger partial charge in [-0.1, -0.05) is 168 Å². The summed E-state index contributed by atoms with van der Waals surface area (Å²) in [7, 11) is 0. The maximum absolute atomic E-state index is 3.95. The molecule has 3 aromatic rings. The van der Waals surface area contributed by atoms with Crippen molar-refractivity contribution in [3.63, 3.8) is 0 Å². The van der Waals surface area contributed by atoms with Gasteiger partial charge in [0.05, 0.1) is 26.4 Å². The molecule has 3 rings (SSSR count). The Morgan fingerprint density at radius 2 is 0.581 bits per heavy atom. The van der Waals surface area contributed by atoms with Crippen LogP contribution in [0.3, 0.4) is 0 Å². The summed E-state index contributed by atoms with van der Waals surface area (Å²) >= 11 is 14.0. The van der Waals surface area contributed by atoms with Crippen molar-refractivity contribution in [1.82, 2.24) is 0 Å². The minimum Gasteiger partial charge on any atom is -0.133 e. The molecule has 0 aliphatic rings. The monoisotopic (exact) mass is 772 g/mol. The fraction of sp³-hybridized carbons (Fsp3) is 0.789. The smallest absolute Gasteiger partial charge is 0.0751 e. The van der Waals surface area contributed by atoms with Gasteiger partial charge in [-0.2, -0.15) is 0 Å². The Bertz CT molecular complexity index is 1020. The second-order valence-corrected chi connectivity index (χ2v) is 18.8. The highest BCUT2D eigenvalue weighted by Crippen LogP contribution is 2.51. The molecule has 0 saturated carbocycles. The number of aryl methyl sites for hydroxylation is 2. The first-order valence-electron chi connectivity index (χ1n) is 18.5. The van der Waals surface area contributed by atoms with E-state index in [9.17, 15) is 0 Å². The van der Waals surface area contributed by atoms with Gasteiger partial charge in [-0.3, -0.25) is 0 Å². The molecule has 0 aromatic carbocycles. The summed E-state index contributed by atoms with van der Waals surface area (Å²) in [6, 6.07) is 0. The first kappa shape index (κ1) is 38.0. The van der Waals surface area contributed by atoms with Crippen molar-refractivity contribution in [2.45, 2.75) is 194 Å². The third kappa shape index (κ3) is 14.1. The highest BCUT2D eigenvalue weighted by atomic mass is 79.9. The topological polar surface area (TPSA) is 0 Å². The fourth-order valence-electron chi connectivity index (χ4n) is 6.53. The lowest BCUT2D eigenvalue weighted by Crippen LogP contribution is -1.86. The average Bonchev–Trinajstić information content (AvgIpc) is 3.61. The van der Waals surface area contributed by atoms with Gasteiger partial charge in [0.15, 0.2) is 0 Å². The molecule has 0 aliphatic carbocycles. The van der Waals surface area contributed by atoms with Gasteiger partial charge in [-0.05, 0) is 68.7 Å². The van der Waals surface area contributed by atoms with Crippen LogP contribution in [0.15, 0.2) is 7.57 Å². The van der Waals surface area contributed by atoms with Crippen LogP contribution in [0.2, 0.25) is 0 Å². The van der Waals surface area contributed by atoms with Gasteiger partial charge in [0.1, 0.15) is 0 Å². The van der Waals surface area contributed by atoms with E-state index in [4.69, 9.17) is 0 Å². The molecule has 0 N–H and O–H groups in total. The van der Waals surface area contributed by atoms with Crippen molar-refractivity contribution in [1.29, 1.82) is 0 Å². The lowest BCUT2D eigenvalue weighted by molar-refractivity contribution is 0.539. The van der Waals surface area contributed by atoms with E-state index >= 15 is 0 Å². The summed E-state index contributed by atoms with van der Waals surface area (Å²) in [6.45, 7) is 4.61. The number of thiophene rings is 3. The summed E-state index contributed by atoms with van der Waals surface area (Å²) in [5.74, 6) is 0. The summed E-state index contributed by atoms with van der Waals surface area (Å²) < 4.78 is 9.01. The summed E-state index contributed by atoms with van der Waals surface area (Å²) in [5, 5.41) is 0. The van der Waals surface area contributed by atoms with Gasteiger partial charge in [0, 0.05) is 0 Å². The van der Waals surface area contributed by atoms with Gasteiger partial charge in [0.2, 0.25) is 0 Å². The number of hydrogen-bond acceptors (Lipinski definition) is 3. The van der Waals surface area contributed by atoms with Crippen LogP contribution in [0.1, 0.15) is 192 Å². The largest absolute Gasteiger partial charge is 0.133 e. The molecule has 3 aromatic heterocycles. The predicted octanol–water partition coefficient (Wildman–Crippen LogP) is 17.0. The molecule has 0 atom stereocenters. The molecule has 0 unspecified atom stereocenters. The Labute approximate surface area is 294 Å². The second-order valence-electron chi connectivity index (χ2n) is 13.1. The SMILES string of the molecule is CCCCCCCCCCCCCCCc1c(Br)sc2c1sc1c(CCCCCCCCCCCCCCC)c(Br)sc12. The van der Waals surface area contributed by atoms with Crippen molar-refractivity contribution >= 4 is 84.7 Å². The standard InChI is InChI=1S/C38H62Br2S3/c1-3-5-7-9-11-13-15-17-19-21-23-25-27-29-31-33-35(42-37(31)39)36-34(41-33)32(38(40)43-36)30-28-26-24-22-20-18-16-14-12-10-8-6-4-2/h3-30H2,1-2H3. The van der Waals surface area contributed by atoms with Crippen LogP contribution in [0, 0.1) is 0 Å². The summed E-state index contributed by atoms with van der Waals surface area (Å²) in [4.78, 5) is 0. The van der Waals surface area contributed by atoms with E-state index in [0.717, 1.165) is 0 Å². The molecule has 3 heterocycles. The number of rotatable bonds is 28. The van der Waals surface area contributed by atoms with Crippen LogP contribution in [0.25, 0.3) is 18.8 Å². The van der Waals surface area contributed by atoms with Crippen LogP contribution < -0.4 is 0 Å². The molecule has 43 heavy (non-hydrogen) atoms. The van der Waals surface area contributed by atoms with E-state index in [1.54, 1.807) is 29.9 Å². The molecule has 246 valence electrons. The van der Waals surface area contributed by atoms with Crippen LogP contribution in [0.4, 0.5) is 0 Å². The molecular weight excluding hydrogens is 712 g/mol. The van der Waals surface area contributed by atoms with Crippen molar-refractivity contribution in [3.05, 3.63) is 18.7 Å². The van der Waals surface area contributed by atoms with Crippen molar-refractivity contribution in [3.8, 4) is 0 Å². The lowest BCUT2D eigenvalue weighted by atomic mass is 10.0. The van der Waals surface area contributed by atoms with Crippen molar-refractivity contribution in [2.24, 2.45) is 0 Å². The van der Waals surface area contributed by atoms with E-state index in [1.165, 1.54) is 187 Å². The maximum Gasteiger partial charge on any atom is 0.0751 e.